The zero-order valence-electron chi connectivity index (χ0n) is 9.65. The van der Waals surface area contributed by atoms with Gasteiger partial charge in [-0.1, -0.05) is 0 Å². The lowest BCUT2D eigenvalue weighted by Gasteiger charge is -2.20. The van der Waals surface area contributed by atoms with Gasteiger partial charge < -0.3 is 10.2 Å². The van der Waals surface area contributed by atoms with Crippen LogP contribution in [-0.4, -0.2) is 41.8 Å². The van der Waals surface area contributed by atoms with Gasteiger partial charge in [-0.3, -0.25) is 0 Å². The van der Waals surface area contributed by atoms with Crippen molar-refractivity contribution in [3.8, 4) is 0 Å². The molecule has 1 N–H and O–H groups in total. The lowest BCUT2D eigenvalue weighted by atomic mass is 10.3. The maximum atomic E-state index is 4.29. The summed E-state index contributed by atoms with van der Waals surface area (Å²) in [5.41, 5.74) is 0.996. The average Bonchev–Trinajstić information content (AvgIpc) is 2.59. The highest BCUT2D eigenvalue weighted by Gasteiger charge is 2.11. The zero-order valence-corrected chi connectivity index (χ0v) is 10.5. The first-order valence-corrected chi connectivity index (χ1v) is 6.85. The standard InChI is InChI=1S/C11H18N4S/c1-12-9-10-3-4-11(14-13-10)15-5-2-7-16-8-6-15/h3-4,12H,2,5-9H2,1H3. The van der Waals surface area contributed by atoms with E-state index in [2.05, 4.69) is 32.5 Å². The normalized spacial score (nSPS) is 17.2. The van der Waals surface area contributed by atoms with E-state index in [0.29, 0.717) is 0 Å². The van der Waals surface area contributed by atoms with Crippen LogP contribution in [0.4, 0.5) is 5.82 Å². The largest absolute Gasteiger partial charge is 0.354 e. The second-order valence-electron chi connectivity index (χ2n) is 3.87. The third-order valence-electron chi connectivity index (χ3n) is 2.61. The summed E-state index contributed by atoms with van der Waals surface area (Å²) < 4.78 is 0. The van der Waals surface area contributed by atoms with Gasteiger partial charge in [0.2, 0.25) is 0 Å². The monoisotopic (exact) mass is 238 g/mol. The molecule has 88 valence electrons. The predicted molar refractivity (Wildman–Crippen MR) is 69.0 cm³/mol. The maximum Gasteiger partial charge on any atom is 0.151 e. The quantitative estimate of drug-likeness (QED) is 0.855. The smallest absolute Gasteiger partial charge is 0.151 e. The predicted octanol–water partition coefficient (Wildman–Crippen LogP) is 1.14. The summed E-state index contributed by atoms with van der Waals surface area (Å²) in [5, 5.41) is 11.6. The molecule has 1 aliphatic rings. The van der Waals surface area contributed by atoms with E-state index in [1.165, 1.54) is 17.9 Å². The number of rotatable bonds is 3. The molecule has 0 atom stereocenters. The molecule has 2 heterocycles. The van der Waals surface area contributed by atoms with Crippen LogP contribution in [0.5, 0.6) is 0 Å². The summed E-state index contributed by atoms with van der Waals surface area (Å²) in [7, 11) is 1.92. The minimum absolute atomic E-state index is 0.781. The molecule has 0 bridgehead atoms. The van der Waals surface area contributed by atoms with Crippen LogP contribution < -0.4 is 10.2 Å². The van der Waals surface area contributed by atoms with Crippen molar-refractivity contribution >= 4 is 17.6 Å². The van der Waals surface area contributed by atoms with Crippen molar-refractivity contribution in [1.29, 1.82) is 0 Å². The molecule has 5 heteroatoms. The van der Waals surface area contributed by atoms with Gasteiger partial charge in [0.05, 0.1) is 5.69 Å². The van der Waals surface area contributed by atoms with E-state index in [-0.39, 0.29) is 0 Å². The van der Waals surface area contributed by atoms with Crippen molar-refractivity contribution in [2.45, 2.75) is 13.0 Å². The first-order chi connectivity index (χ1) is 7.90. The van der Waals surface area contributed by atoms with Crippen LogP contribution in [0.15, 0.2) is 12.1 Å². The van der Waals surface area contributed by atoms with Gasteiger partial charge in [-0.25, -0.2) is 0 Å². The van der Waals surface area contributed by atoms with Gasteiger partial charge in [0.25, 0.3) is 0 Å². The summed E-state index contributed by atoms with van der Waals surface area (Å²) in [4.78, 5) is 2.33. The van der Waals surface area contributed by atoms with Crippen LogP contribution in [0.3, 0.4) is 0 Å². The topological polar surface area (TPSA) is 41.0 Å². The van der Waals surface area contributed by atoms with E-state index < -0.39 is 0 Å². The molecule has 2 rings (SSSR count). The number of hydrogen-bond donors (Lipinski definition) is 1. The van der Waals surface area contributed by atoms with Gasteiger partial charge in [-0.05, 0) is 31.4 Å². The average molecular weight is 238 g/mol. The van der Waals surface area contributed by atoms with Crippen molar-refractivity contribution in [3.63, 3.8) is 0 Å². The molecule has 1 saturated heterocycles. The highest BCUT2D eigenvalue weighted by Crippen LogP contribution is 2.16. The second kappa shape index (κ2) is 6.06. The number of nitrogens with one attached hydrogen (secondary N) is 1. The molecule has 1 fully saturated rings. The van der Waals surface area contributed by atoms with E-state index in [1.54, 1.807) is 0 Å². The van der Waals surface area contributed by atoms with Crippen molar-refractivity contribution in [2.24, 2.45) is 0 Å². The molecule has 0 aliphatic carbocycles. The Balaban J connectivity index is 2.01. The van der Waals surface area contributed by atoms with Gasteiger partial charge in [0.15, 0.2) is 5.82 Å². The van der Waals surface area contributed by atoms with Gasteiger partial charge >= 0.3 is 0 Å². The Morgan fingerprint density at radius 1 is 1.31 bits per heavy atom. The first-order valence-electron chi connectivity index (χ1n) is 5.70. The van der Waals surface area contributed by atoms with Crippen LogP contribution in [0, 0.1) is 0 Å². The number of anilines is 1. The number of thioether (sulfide) groups is 1. The van der Waals surface area contributed by atoms with E-state index in [4.69, 9.17) is 0 Å². The highest BCUT2D eigenvalue weighted by molar-refractivity contribution is 7.99. The van der Waals surface area contributed by atoms with E-state index >= 15 is 0 Å². The third-order valence-corrected chi connectivity index (χ3v) is 3.66. The lowest BCUT2D eigenvalue weighted by Crippen LogP contribution is -2.26. The van der Waals surface area contributed by atoms with Gasteiger partial charge in [0.1, 0.15) is 0 Å². The van der Waals surface area contributed by atoms with Crippen molar-refractivity contribution in [1.82, 2.24) is 15.5 Å². The lowest BCUT2D eigenvalue weighted by molar-refractivity contribution is 0.746. The summed E-state index contributed by atoms with van der Waals surface area (Å²) in [6, 6.07) is 4.13. The Kier molecular flexibility index (Phi) is 4.42. The second-order valence-corrected chi connectivity index (χ2v) is 5.09. The summed E-state index contributed by atoms with van der Waals surface area (Å²) in [5.74, 6) is 3.48. The fourth-order valence-corrected chi connectivity index (χ4v) is 2.66. The summed E-state index contributed by atoms with van der Waals surface area (Å²) in [6.07, 6.45) is 1.24. The zero-order chi connectivity index (χ0) is 11.2. The van der Waals surface area contributed by atoms with Crippen molar-refractivity contribution < 1.29 is 0 Å². The van der Waals surface area contributed by atoms with Crippen LogP contribution in [-0.2, 0) is 6.54 Å². The number of nitrogens with zero attached hydrogens (tertiary/aromatic N) is 3. The molecule has 0 saturated carbocycles. The maximum absolute atomic E-state index is 4.29. The van der Waals surface area contributed by atoms with Crippen molar-refractivity contribution in [2.75, 3.05) is 36.5 Å². The Hall–Kier alpha value is -0.810. The highest BCUT2D eigenvalue weighted by atomic mass is 32.2. The van der Waals surface area contributed by atoms with Gasteiger partial charge in [-0.2, -0.15) is 16.9 Å². The Bertz CT molecular complexity index is 306. The summed E-state index contributed by atoms with van der Waals surface area (Å²) in [6.45, 7) is 2.97. The van der Waals surface area contributed by atoms with E-state index in [1.807, 2.05) is 18.8 Å². The van der Waals surface area contributed by atoms with Gasteiger partial charge in [0, 0.05) is 25.4 Å². The van der Waals surface area contributed by atoms with E-state index in [9.17, 15) is 0 Å². The Morgan fingerprint density at radius 3 is 3.00 bits per heavy atom. The molecule has 16 heavy (non-hydrogen) atoms. The van der Waals surface area contributed by atoms with Crippen LogP contribution >= 0.6 is 11.8 Å². The number of aromatic nitrogens is 2. The molecule has 1 aromatic rings. The molecular weight excluding hydrogens is 220 g/mol. The van der Waals surface area contributed by atoms with Crippen LogP contribution in [0.1, 0.15) is 12.1 Å². The molecule has 0 aromatic carbocycles. The Morgan fingerprint density at radius 2 is 2.25 bits per heavy atom. The van der Waals surface area contributed by atoms with Gasteiger partial charge in [-0.15, -0.1) is 5.10 Å². The van der Waals surface area contributed by atoms with Crippen molar-refractivity contribution in [3.05, 3.63) is 17.8 Å². The first kappa shape index (κ1) is 11.7. The third kappa shape index (κ3) is 3.09. The minimum atomic E-state index is 0.781. The molecule has 1 aromatic heterocycles. The SMILES string of the molecule is CNCc1ccc(N2CCCSCC2)nn1. The number of hydrogen-bond acceptors (Lipinski definition) is 5. The molecule has 1 aliphatic heterocycles. The molecular formula is C11H18N4S. The molecule has 0 unspecified atom stereocenters. The fourth-order valence-electron chi connectivity index (χ4n) is 1.77. The molecule has 0 radical (unpaired) electrons. The molecule has 0 spiro atoms. The van der Waals surface area contributed by atoms with Crippen LogP contribution in [0.2, 0.25) is 0 Å². The van der Waals surface area contributed by atoms with Crippen LogP contribution in [0.25, 0.3) is 0 Å². The Labute approximate surface area is 101 Å². The fraction of sp³-hybridized carbons (Fsp3) is 0.636. The molecule has 4 nitrogen and oxygen atoms in total. The van der Waals surface area contributed by atoms with E-state index in [0.717, 1.165) is 31.1 Å². The minimum Gasteiger partial charge on any atom is -0.354 e. The summed E-state index contributed by atoms with van der Waals surface area (Å²) >= 11 is 2.03. The molecule has 0 amide bonds.